The molecule has 1 aromatic heterocycles. The van der Waals surface area contributed by atoms with Crippen molar-refractivity contribution in [2.45, 2.75) is 26.3 Å². The molecule has 7 nitrogen and oxygen atoms in total. The number of methoxy groups -OCH3 is 2. The number of nitrogens with zero attached hydrogens (tertiary/aromatic N) is 2. The zero-order chi connectivity index (χ0) is 29.0. The monoisotopic (exact) mass is 574 g/mol. The molecule has 0 radical (unpaired) electrons. The lowest BCUT2D eigenvalue weighted by molar-refractivity contribution is -0.132. The zero-order valence-corrected chi connectivity index (χ0v) is 24.8. The molecule has 0 aliphatic carbocycles. The number of carbonyl (C=O) groups is 2. The van der Waals surface area contributed by atoms with E-state index in [9.17, 15) is 9.59 Å². The lowest BCUT2D eigenvalue weighted by Crippen LogP contribution is -2.44. The smallest absolute Gasteiger partial charge is 0.254 e. The van der Waals surface area contributed by atoms with Crippen LogP contribution >= 0.6 is 11.3 Å². The van der Waals surface area contributed by atoms with Crippen molar-refractivity contribution in [3.63, 3.8) is 0 Å². The number of hydrogen-bond donors (Lipinski definition) is 0. The first-order valence-corrected chi connectivity index (χ1v) is 14.8. The Hall–Kier alpha value is -3.88. The summed E-state index contributed by atoms with van der Waals surface area (Å²) in [5, 5.41) is 4.07. The number of rotatable bonds is 15. The van der Waals surface area contributed by atoms with Crippen molar-refractivity contribution >= 4 is 33.9 Å². The van der Waals surface area contributed by atoms with E-state index in [1.54, 1.807) is 30.5 Å². The molecule has 0 saturated heterocycles. The van der Waals surface area contributed by atoms with Gasteiger partial charge in [-0.3, -0.25) is 9.59 Å². The van der Waals surface area contributed by atoms with Crippen LogP contribution < -0.4 is 9.47 Å². The fourth-order valence-corrected chi connectivity index (χ4v) is 5.42. The van der Waals surface area contributed by atoms with Crippen molar-refractivity contribution in [3.05, 3.63) is 94.2 Å². The Morgan fingerprint density at radius 3 is 2.37 bits per heavy atom. The standard InChI is InChI=1S/C33H38N2O5S/c1-4-40-19-8-17-35(33(37)28-14-13-26-9-5-6-10-27(26)22-28)24-32(36)34(23-29-11-7-20-41-29)18-16-25-12-15-30(38-2)31(21-25)39-3/h5-7,9-15,20-22H,4,8,16-19,23-24H2,1-3H3. The number of fused-ring (bicyclic) bond motifs is 1. The summed E-state index contributed by atoms with van der Waals surface area (Å²) in [6, 6.07) is 23.5. The highest BCUT2D eigenvalue weighted by atomic mass is 32.1. The van der Waals surface area contributed by atoms with E-state index in [0.29, 0.717) is 62.8 Å². The van der Waals surface area contributed by atoms with Crippen molar-refractivity contribution in [1.82, 2.24) is 9.80 Å². The van der Waals surface area contributed by atoms with Crippen LogP contribution in [0.15, 0.2) is 78.2 Å². The number of thiophene rings is 1. The third-order valence-corrected chi connectivity index (χ3v) is 7.79. The van der Waals surface area contributed by atoms with Crippen LogP contribution in [-0.4, -0.2) is 68.7 Å². The maximum absolute atomic E-state index is 13.8. The second-order valence-corrected chi connectivity index (χ2v) is 10.7. The molecular formula is C33H38N2O5S. The quantitative estimate of drug-likeness (QED) is 0.162. The molecule has 2 amide bonds. The predicted octanol–water partition coefficient (Wildman–Crippen LogP) is 6.06. The van der Waals surface area contributed by atoms with Gasteiger partial charge in [0.15, 0.2) is 11.5 Å². The van der Waals surface area contributed by atoms with Crippen LogP contribution in [0.1, 0.15) is 34.1 Å². The van der Waals surface area contributed by atoms with Gasteiger partial charge in [0.1, 0.15) is 6.54 Å². The van der Waals surface area contributed by atoms with Gasteiger partial charge in [-0.2, -0.15) is 0 Å². The summed E-state index contributed by atoms with van der Waals surface area (Å²) in [6.45, 7) is 4.51. The average molecular weight is 575 g/mol. The fourth-order valence-electron chi connectivity index (χ4n) is 4.71. The number of carbonyl (C=O) groups excluding carboxylic acids is 2. The molecule has 216 valence electrons. The summed E-state index contributed by atoms with van der Waals surface area (Å²) in [4.78, 5) is 32.1. The van der Waals surface area contributed by atoms with Crippen LogP contribution in [0.3, 0.4) is 0 Å². The highest BCUT2D eigenvalue weighted by molar-refractivity contribution is 7.09. The molecule has 0 unspecified atom stereocenters. The van der Waals surface area contributed by atoms with E-state index in [4.69, 9.17) is 14.2 Å². The topological polar surface area (TPSA) is 68.3 Å². The molecule has 4 rings (SSSR count). The highest BCUT2D eigenvalue weighted by Gasteiger charge is 2.23. The Labute approximate surface area is 246 Å². The molecule has 0 saturated carbocycles. The van der Waals surface area contributed by atoms with Gasteiger partial charge >= 0.3 is 0 Å². The van der Waals surface area contributed by atoms with E-state index in [-0.39, 0.29) is 18.4 Å². The highest BCUT2D eigenvalue weighted by Crippen LogP contribution is 2.28. The molecule has 3 aromatic carbocycles. The molecule has 0 aliphatic heterocycles. The second kappa shape index (κ2) is 15.2. The summed E-state index contributed by atoms with van der Waals surface area (Å²) >= 11 is 1.62. The largest absolute Gasteiger partial charge is 0.493 e. The minimum atomic E-state index is -0.156. The molecule has 4 aromatic rings. The van der Waals surface area contributed by atoms with E-state index in [1.807, 2.05) is 90.0 Å². The van der Waals surface area contributed by atoms with Gasteiger partial charge in [0.05, 0.1) is 20.8 Å². The summed E-state index contributed by atoms with van der Waals surface area (Å²) in [5.74, 6) is 1.07. The lowest BCUT2D eigenvalue weighted by Gasteiger charge is -2.28. The van der Waals surface area contributed by atoms with Gasteiger partial charge < -0.3 is 24.0 Å². The van der Waals surface area contributed by atoms with E-state index in [1.165, 1.54) is 0 Å². The SMILES string of the molecule is CCOCCCN(CC(=O)N(CCc1ccc(OC)c(OC)c1)Cc1cccs1)C(=O)c1ccc2ccccc2c1. The summed E-state index contributed by atoms with van der Waals surface area (Å²) in [5.41, 5.74) is 1.61. The van der Waals surface area contributed by atoms with Crippen molar-refractivity contribution in [1.29, 1.82) is 0 Å². The van der Waals surface area contributed by atoms with Crippen molar-refractivity contribution < 1.29 is 23.8 Å². The first-order chi connectivity index (χ1) is 20.0. The summed E-state index contributed by atoms with van der Waals surface area (Å²) < 4.78 is 16.3. The van der Waals surface area contributed by atoms with E-state index in [2.05, 4.69) is 0 Å². The van der Waals surface area contributed by atoms with Gasteiger partial charge in [-0.05, 0) is 71.8 Å². The molecule has 0 N–H and O–H groups in total. The number of amides is 2. The van der Waals surface area contributed by atoms with E-state index in [0.717, 1.165) is 21.2 Å². The molecule has 0 bridgehead atoms. The molecule has 0 fully saturated rings. The average Bonchev–Trinajstić information content (AvgIpc) is 3.53. The van der Waals surface area contributed by atoms with Crippen molar-refractivity contribution in [3.8, 4) is 11.5 Å². The Kier molecular flexibility index (Phi) is 11.2. The Morgan fingerprint density at radius 2 is 1.63 bits per heavy atom. The normalized spacial score (nSPS) is 10.9. The molecule has 0 spiro atoms. The van der Waals surface area contributed by atoms with Crippen molar-refractivity contribution in [2.75, 3.05) is 47.1 Å². The second-order valence-electron chi connectivity index (χ2n) is 9.67. The first kappa shape index (κ1) is 30.1. The van der Waals surface area contributed by atoms with Crippen LogP contribution in [0.5, 0.6) is 11.5 Å². The fraction of sp³-hybridized carbons (Fsp3) is 0.333. The van der Waals surface area contributed by atoms with Gasteiger partial charge in [-0.1, -0.05) is 42.5 Å². The zero-order valence-electron chi connectivity index (χ0n) is 24.0. The minimum absolute atomic E-state index is 0.00487. The lowest BCUT2D eigenvalue weighted by atomic mass is 10.1. The summed E-state index contributed by atoms with van der Waals surface area (Å²) in [6.07, 6.45) is 1.29. The number of benzene rings is 3. The predicted molar refractivity (Wildman–Crippen MR) is 164 cm³/mol. The minimum Gasteiger partial charge on any atom is -0.493 e. The van der Waals surface area contributed by atoms with Crippen LogP contribution in [0.2, 0.25) is 0 Å². The van der Waals surface area contributed by atoms with Crippen molar-refractivity contribution in [2.24, 2.45) is 0 Å². The maximum atomic E-state index is 13.8. The maximum Gasteiger partial charge on any atom is 0.254 e. The van der Waals surface area contributed by atoms with Gasteiger partial charge in [-0.15, -0.1) is 11.3 Å². The van der Waals surface area contributed by atoms with Crippen LogP contribution in [0.4, 0.5) is 0 Å². The Balaban J connectivity index is 1.52. The Morgan fingerprint density at radius 1 is 0.829 bits per heavy atom. The molecular weight excluding hydrogens is 536 g/mol. The summed E-state index contributed by atoms with van der Waals surface area (Å²) in [7, 11) is 3.22. The van der Waals surface area contributed by atoms with E-state index < -0.39 is 0 Å². The Bertz CT molecular complexity index is 1420. The number of ether oxygens (including phenoxy) is 3. The van der Waals surface area contributed by atoms with Crippen LogP contribution in [0, 0.1) is 0 Å². The van der Waals surface area contributed by atoms with Gasteiger partial charge in [0, 0.05) is 36.7 Å². The molecule has 8 heteroatoms. The molecule has 41 heavy (non-hydrogen) atoms. The molecule has 0 aliphatic rings. The first-order valence-electron chi connectivity index (χ1n) is 13.9. The third kappa shape index (κ3) is 8.31. The van der Waals surface area contributed by atoms with Gasteiger partial charge in [-0.25, -0.2) is 0 Å². The molecule has 0 atom stereocenters. The van der Waals surface area contributed by atoms with Crippen LogP contribution in [-0.2, 0) is 22.5 Å². The molecule has 1 heterocycles. The van der Waals surface area contributed by atoms with Gasteiger partial charge in [0.2, 0.25) is 5.91 Å². The third-order valence-electron chi connectivity index (χ3n) is 6.93. The number of hydrogen-bond acceptors (Lipinski definition) is 6. The van der Waals surface area contributed by atoms with Gasteiger partial charge in [0.25, 0.3) is 5.91 Å². The van der Waals surface area contributed by atoms with E-state index >= 15 is 0 Å². The van der Waals surface area contributed by atoms with Crippen LogP contribution in [0.25, 0.3) is 10.8 Å².